The Morgan fingerprint density at radius 1 is 1.00 bits per heavy atom. The van der Waals surface area contributed by atoms with Gasteiger partial charge in [-0.25, -0.2) is 0 Å². The monoisotopic (exact) mass is 477 g/mol. The standard InChI is InChI=1S/C29H35NO5/c1-29(2,20-34-19-21-9-6-5-7-10-21)28-16-22-15-27(35-14-8-13-32-3)26(33-4)18-24(22)25-17-23(31)11-12-30(25)28/h5-7,9-12,15,17-18,28H,8,13-14,16,19-20H2,1-4H3. The van der Waals surface area contributed by atoms with Crippen LogP contribution in [0.15, 0.2) is 65.6 Å². The van der Waals surface area contributed by atoms with E-state index in [1.165, 1.54) is 0 Å². The van der Waals surface area contributed by atoms with E-state index in [1.807, 2.05) is 30.5 Å². The molecule has 6 nitrogen and oxygen atoms in total. The number of hydrogen-bond acceptors (Lipinski definition) is 5. The van der Waals surface area contributed by atoms with Crippen LogP contribution >= 0.6 is 0 Å². The largest absolute Gasteiger partial charge is 0.493 e. The first-order valence-electron chi connectivity index (χ1n) is 12.1. The van der Waals surface area contributed by atoms with Gasteiger partial charge in [0.15, 0.2) is 16.9 Å². The van der Waals surface area contributed by atoms with Crippen LogP contribution in [0.5, 0.6) is 11.5 Å². The molecular weight excluding hydrogens is 442 g/mol. The molecule has 2 heterocycles. The lowest BCUT2D eigenvalue weighted by atomic mass is 9.78. The van der Waals surface area contributed by atoms with Crippen LogP contribution in [0.4, 0.5) is 0 Å². The molecule has 3 aromatic rings. The summed E-state index contributed by atoms with van der Waals surface area (Å²) in [5, 5.41) is 0. The minimum Gasteiger partial charge on any atom is -0.493 e. The predicted molar refractivity (Wildman–Crippen MR) is 137 cm³/mol. The lowest BCUT2D eigenvalue weighted by Gasteiger charge is -2.41. The van der Waals surface area contributed by atoms with Crippen LogP contribution < -0.4 is 14.9 Å². The van der Waals surface area contributed by atoms with Gasteiger partial charge in [-0.2, -0.15) is 0 Å². The lowest BCUT2D eigenvalue weighted by Crippen LogP contribution is -2.36. The molecular formula is C29H35NO5. The van der Waals surface area contributed by atoms with Gasteiger partial charge in [0.05, 0.1) is 32.6 Å². The molecule has 2 aromatic carbocycles. The third-order valence-corrected chi connectivity index (χ3v) is 6.61. The van der Waals surface area contributed by atoms with Crippen molar-refractivity contribution in [1.82, 2.24) is 4.57 Å². The number of rotatable bonds is 11. The van der Waals surface area contributed by atoms with E-state index in [9.17, 15) is 4.79 Å². The normalized spacial score (nSPS) is 14.8. The topological polar surface area (TPSA) is 58.9 Å². The zero-order chi connectivity index (χ0) is 24.8. The molecule has 0 bridgehead atoms. The van der Waals surface area contributed by atoms with Crippen LogP contribution in [-0.4, -0.2) is 38.6 Å². The smallest absolute Gasteiger partial charge is 0.182 e. The highest BCUT2D eigenvalue weighted by Crippen LogP contribution is 2.45. The Hall–Kier alpha value is -3.09. The van der Waals surface area contributed by atoms with Crippen LogP contribution in [0.1, 0.15) is 37.4 Å². The molecule has 4 rings (SSSR count). The zero-order valence-corrected chi connectivity index (χ0v) is 21.1. The van der Waals surface area contributed by atoms with Gasteiger partial charge in [0.2, 0.25) is 0 Å². The van der Waals surface area contributed by atoms with Gasteiger partial charge in [0, 0.05) is 55.5 Å². The average Bonchev–Trinajstić information content (AvgIpc) is 2.86. The molecule has 0 amide bonds. The average molecular weight is 478 g/mol. The Labute approximate surface area is 207 Å². The maximum atomic E-state index is 12.4. The first-order chi connectivity index (χ1) is 16.9. The van der Waals surface area contributed by atoms with Gasteiger partial charge in [-0.1, -0.05) is 44.2 Å². The van der Waals surface area contributed by atoms with E-state index in [2.05, 4.69) is 36.6 Å². The molecule has 0 saturated carbocycles. The van der Waals surface area contributed by atoms with Gasteiger partial charge in [-0.3, -0.25) is 4.79 Å². The number of fused-ring (bicyclic) bond motifs is 3. The Balaban J connectivity index is 1.62. The second-order valence-corrected chi connectivity index (χ2v) is 9.70. The minimum absolute atomic E-state index is 0.0140. The quantitative estimate of drug-likeness (QED) is 0.352. The second-order valence-electron chi connectivity index (χ2n) is 9.70. The van der Waals surface area contributed by atoms with Gasteiger partial charge in [-0.05, 0) is 29.7 Å². The number of hydrogen-bond donors (Lipinski definition) is 0. The summed E-state index contributed by atoms with van der Waals surface area (Å²) in [5.74, 6) is 1.37. The van der Waals surface area contributed by atoms with Crippen LogP contribution in [0, 0.1) is 5.41 Å². The SMILES string of the molecule is COCCCOc1cc2c(cc1OC)-c1cc(=O)ccn1C(C(C)(C)COCc1ccccc1)C2. The van der Waals surface area contributed by atoms with Crippen molar-refractivity contribution in [3.8, 4) is 22.8 Å². The molecule has 0 saturated heterocycles. The fourth-order valence-electron chi connectivity index (χ4n) is 4.71. The second kappa shape index (κ2) is 11.1. The summed E-state index contributed by atoms with van der Waals surface area (Å²) in [4.78, 5) is 12.4. The molecule has 1 atom stereocenters. The van der Waals surface area contributed by atoms with E-state index < -0.39 is 0 Å². The molecule has 1 aliphatic heterocycles. The molecule has 0 aliphatic carbocycles. The van der Waals surface area contributed by atoms with Crippen molar-refractivity contribution in [1.29, 1.82) is 0 Å². The van der Waals surface area contributed by atoms with Crippen molar-refractivity contribution in [2.45, 2.75) is 39.3 Å². The number of aromatic nitrogens is 1. The van der Waals surface area contributed by atoms with E-state index in [0.717, 1.165) is 35.2 Å². The molecule has 186 valence electrons. The number of nitrogens with zero attached hydrogens (tertiary/aromatic N) is 1. The summed E-state index contributed by atoms with van der Waals surface area (Å²) in [6.45, 7) is 6.79. The van der Waals surface area contributed by atoms with Crippen LogP contribution in [-0.2, 0) is 22.5 Å². The molecule has 6 heteroatoms. The Morgan fingerprint density at radius 2 is 1.80 bits per heavy atom. The lowest BCUT2D eigenvalue weighted by molar-refractivity contribution is 0.0221. The van der Waals surface area contributed by atoms with Crippen molar-refractivity contribution >= 4 is 0 Å². The molecule has 1 aliphatic rings. The number of ether oxygens (including phenoxy) is 4. The van der Waals surface area contributed by atoms with Gasteiger partial charge in [0.1, 0.15) is 0 Å². The Bertz CT molecular complexity index is 1190. The maximum absolute atomic E-state index is 12.4. The Kier molecular flexibility index (Phi) is 7.93. The van der Waals surface area contributed by atoms with Crippen LogP contribution in [0.2, 0.25) is 0 Å². The van der Waals surface area contributed by atoms with E-state index >= 15 is 0 Å². The van der Waals surface area contributed by atoms with Crippen molar-refractivity contribution in [2.24, 2.45) is 5.41 Å². The van der Waals surface area contributed by atoms with E-state index in [-0.39, 0.29) is 16.9 Å². The highest BCUT2D eigenvalue weighted by Gasteiger charge is 2.36. The molecule has 0 fully saturated rings. The fraction of sp³-hybridized carbons (Fsp3) is 0.414. The third kappa shape index (κ3) is 5.77. The van der Waals surface area contributed by atoms with Gasteiger partial charge >= 0.3 is 0 Å². The minimum atomic E-state index is -0.185. The maximum Gasteiger partial charge on any atom is 0.182 e. The van der Waals surface area contributed by atoms with Crippen LogP contribution in [0.3, 0.4) is 0 Å². The first-order valence-corrected chi connectivity index (χ1v) is 12.1. The van der Waals surface area contributed by atoms with Crippen molar-refractivity contribution in [2.75, 3.05) is 34.0 Å². The summed E-state index contributed by atoms with van der Waals surface area (Å²) >= 11 is 0. The fourth-order valence-corrected chi connectivity index (χ4v) is 4.71. The predicted octanol–water partition coefficient (Wildman–Crippen LogP) is 5.28. The Morgan fingerprint density at radius 3 is 2.54 bits per heavy atom. The molecule has 0 N–H and O–H groups in total. The summed E-state index contributed by atoms with van der Waals surface area (Å²) in [7, 11) is 3.32. The number of benzene rings is 2. The van der Waals surface area contributed by atoms with Crippen molar-refractivity contribution in [3.63, 3.8) is 0 Å². The van der Waals surface area contributed by atoms with E-state index in [4.69, 9.17) is 18.9 Å². The van der Waals surface area contributed by atoms with E-state index in [1.54, 1.807) is 26.4 Å². The molecule has 0 spiro atoms. The van der Waals surface area contributed by atoms with Gasteiger partial charge in [0.25, 0.3) is 0 Å². The molecule has 1 aromatic heterocycles. The van der Waals surface area contributed by atoms with Crippen molar-refractivity contribution in [3.05, 3.63) is 82.1 Å². The van der Waals surface area contributed by atoms with E-state index in [0.29, 0.717) is 37.9 Å². The third-order valence-electron chi connectivity index (χ3n) is 6.61. The van der Waals surface area contributed by atoms with Gasteiger partial charge in [-0.15, -0.1) is 0 Å². The molecule has 0 radical (unpaired) electrons. The van der Waals surface area contributed by atoms with Gasteiger partial charge < -0.3 is 23.5 Å². The summed E-state index contributed by atoms with van der Waals surface area (Å²) in [6, 6.07) is 17.7. The van der Waals surface area contributed by atoms with Crippen LogP contribution in [0.25, 0.3) is 11.3 Å². The molecule has 1 unspecified atom stereocenters. The first kappa shape index (κ1) is 25.0. The number of methoxy groups -OCH3 is 2. The number of pyridine rings is 1. The van der Waals surface area contributed by atoms with Crippen molar-refractivity contribution < 1.29 is 18.9 Å². The summed E-state index contributed by atoms with van der Waals surface area (Å²) in [6.07, 6.45) is 3.50. The summed E-state index contributed by atoms with van der Waals surface area (Å²) in [5.41, 5.74) is 3.99. The highest BCUT2D eigenvalue weighted by molar-refractivity contribution is 5.70. The molecule has 35 heavy (non-hydrogen) atoms. The summed E-state index contributed by atoms with van der Waals surface area (Å²) < 4.78 is 25.2. The highest BCUT2D eigenvalue weighted by atomic mass is 16.5. The zero-order valence-electron chi connectivity index (χ0n) is 21.1.